The number of hydrogen-bond acceptors (Lipinski definition) is 3. The highest BCUT2D eigenvalue weighted by atomic mass is 32.1. The lowest BCUT2D eigenvalue weighted by Crippen LogP contribution is -2.16. The molecule has 0 amide bonds. The molecule has 0 radical (unpaired) electrons. The van der Waals surface area contributed by atoms with Gasteiger partial charge in [-0.2, -0.15) is 0 Å². The molecule has 0 aliphatic rings. The molecule has 2 rings (SSSR count). The molecular weight excluding hydrogens is 210 g/mol. The van der Waals surface area contributed by atoms with Crippen molar-refractivity contribution in [2.75, 3.05) is 0 Å². The van der Waals surface area contributed by atoms with E-state index in [-0.39, 0.29) is 0 Å². The molecule has 0 aliphatic heterocycles. The molecule has 1 nitrogen and oxygen atoms in total. The lowest BCUT2D eigenvalue weighted by atomic mass is 10.3. The minimum absolute atomic E-state index is 0.456. The molecular formula is C11H13NS2. The van der Waals surface area contributed by atoms with Gasteiger partial charge >= 0.3 is 0 Å². The van der Waals surface area contributed by atoms with Gasteiger partial charge in [-0.25, -0.2) is 0 Å². The number of nitrogens with one attached hydrogen (secondary N) is 1. The number of thiophene rings is 2. The van der Waals surface area contributed by atoms with Crippen molar-refractivity contribution in [1.29, 1.82) is 0 Å². The minimum atomic E-state index is 0.456. The fourth-order valence-electron chi connectivity index (χ4n) is 1.31. The van der Waals surface area contributed by atoms with Crippen LogP contribution in [0, 0.1) is 0 Å². The Bertz CT molecular complexity index is 351. The molecule has 0 saturated carbocycles. The third-order valence-corrected chi connectivity index (χ3v) is 4.06. The first-order valence-corrected chi connectivity index (χ1v) is 6.41. The van der Waals surface area contributed by atoms with Crippen LogP contribution in [-0.4, -0.2) is 0 Å². The van der Waals surface area contributed by atoms with Crippen LogP contribution in [0.2, 0.25) is 0 Å². The standard InChI is InChI=1S/C11H13NS2/c1-9(11-5-3-7-14-11)12-8-10-4-2-6-13-10/h2-7,9,12H,8H2,1H3. The predicted octanol–water partition coefficient (Wildman–Crippen LogP) is 3.66. The van der Waals surface area contributed by atoms with Gasteiger partial charge in [-0.15, -0.1) is 22.7 Å². The summed E-state index contributed by atoms with van der Waals surface area (Å²) in [6.07, 6.45) is 0. The van der Waals surface area contributed by atoms with Crippen molar-refractivity contribution < 1.29 is 0 Å². The fraction of sp³-hybridized carbons (Fsp3) is 0.273. The Morgan fingerprint density at radius 3 is 2.64 bits per heavy atom. The van der Waals surface area contributed by atoms with Gasteiger partial charge in [-0.3, -0.25) is 0 Å². The Morgan fingerprint density at radius 2 is 2.00 bits per heavy atom. The van der Waals surface area contributed by atoms with Gasteiger partial charge in [0.2, 0.25) is 0 Å². The van der Waals surface area contributed by atoms with Crippen molar-refractivity contribution >= 4 is 22.7 Å². The quantitative estimate of drug-likeness (QED) is 0.834. The second-order valence-electron chi connectivity index (χ2n) is 3.20. The van der Waals surface area contributed by atoms with Crippen LogP contribution in [0.5, 0.6) is 0 Å². The van der Waals surface area contributed by atoms with Gasteiger partial charge in [0.25, 0.3) is 0 Å². The van der Waals surface area contributed by atoms with E-state index in [0.717, 1.165) is 6.54 Å². The van der Waals surface area contributed by atoms with Gasteiger partial charge in [-0.05, 0) is 29.8 Å². The summed E-state index contributed by atoms with van der Waals surface area (Å²) in [5, 5.41) is 7.75. The van der Waals surface area contributed by atoms with Crippen LogP contribution in [0.3, 0.4) is 0 Å². The zero-order valence-corrected chi connectivity index (χ0v) is 9.70. The van der Waals surface area contributed by atoms with Crippen molar-refractivity contribution in [1.82, 2.24) is 5.32 Å². The van der Waals surface area contributed by atoms with Crippen LogP contribution >= 0.6 is 22.7 Å². The smallest absolute Gasteiger partial charge is 0.0389 e. The average molecular weight is 223 g/mol. The molecule has 74 valence electrons. The second kappa shape index (κ2) is 4.73. The van der Waals surface area contributed by atoms with E-state index in [1.165, 1.54) is 9.75 Å². The van der Waals surface area contributed by atoms with Gasteiger partial charge in [0.1, 0.15) is 0 Å². The van der Waals surface area contributed by atoms with Gasteiger partial charge in [0.05, 0.1) is 0 Å². The minimum Gasteiger partial charge on any atom is -0.305 e. The molecule has 0 bridgehead atoms. The van der Waals surface area contributed by atoms with Gasteiger partial charge in [0, 0.05) is 22.3 Å². The largest absolute Gasteiger partial charge is 0.305 e. The van der Waals surface area contributed by atoms with E-state index in [1.807, 2.05) is 11.3 Å². The normalized spacial score (nSPS) is 12.9. The average Bonchev–Trinajstić information content (AvgIpc) is 2.87. The SMILES string of the molecule is CC(NCc1cccs1)c1cccs1. The third kappa shape index (κ3) is 2.44. The third-order valence-electron chi connectivity index (χ3n) is 2.13. The molecule has 1 atom stereocenters. The molecule has 0 aliphatic carbocycles. The molecule has 0 aromatic carbocycles. The summed E-state index contributed by atoms with van der Waals surface area (Å²) in [6.45, 7) is 3.18. The molecule has 2 aromatic rings. The Morgan fingerprint density at radius 1 is 1.21 bits per heavy atom. The maximum Gasteiger partial charge on any atom is 0.0389 e. The van der Waals surface area contributed by atoms with E-state index in [4.69, 9.17) is 0 Å². The van der Waals surface area contributed by atoms with Crippen molar-refractivity contribution in [3.8, 4) is 0 Å². The maximum absolute atomic E-state index is 3.51. The Balaban J connectivity index is 1.87. The van der Waals surface area contributed by atoms with Gasteiger partial charge < -0.3 is 5.32 Å². The van der Waals surface area contributed by atoms with Crippen LogP contribution in [-0.2, 0) is 6.54 Å². The Labute approximate surface area is 92.4 Å². The molecule has 3 heteroatoms. The summed E-state index contributed by atoms with van der Waals surface area (Å²) in [5.74, 6) is 0. The highest BCUT2D eigenvalue weighted by molar-refractivity contribution is 7.10. The molecule has 0 fully saturated rings. The Kier molecular flexibility index (Phi) is 3.35. The van der Waals surface area contributed by atoms with Crippen molar-refractivity contribution in [3.63, 3.8) is 0 Å². The highest BCUT2D eigenvalue weighted by Crippen LogP contribution is 2.19. The van der Waals surface area contributed by atoms with E-state index < -0.39 is 0 Å². The molecule has 2 heterocycles. The van der Waals surface area contributed by atoms with Crippen LogP contribution < -0.4 is 5.32 Å². The van der Waals surface area contributed by atoms with Crippen LogP contribution in [0.4, 0.5) is 0 Å². The molecule has 1 unspecified atom stereocenters. The van der Waals surface area contributed by atoms with E-state index in [2.05, 4.69) is 47.3 Å². The molecule has 14 heavy (non-hydrogen) atoms. The van der Waals surface area contributed by atoms with Crippen LogP contribution in [0.15, 0.2) is 35.0 Å². The summed E-state index contributed by atoms with van der Waals surface area (Å²) >= 11 is 3.61. The first kappa shape index (κ1) is 9.90. The monoisotopic (exact) mass is 223 g/mol. The van der Waals surface area contributed by atoms with E-state index in [1.54, 1.807) is 11.3 Å². The zero-order chi connectivity index (χ0) is 9.80. The Hall–Kier alpha value is -0.640. The van der Waals surface area contributed by atoms with Crippen LogP contribution in [0.25, 0.3) is 0 Å². The van der Waals surface area contributed by atoms with E-state index >= 15 is 0 Å². The number of rotatable bonds is 4. The zero-order valence-electron chi connectivity index (χ0n) is 8.07. The lowest BCUT2D eigenvalue weighted by molar-refractivity contribution is 0.587. The van der Waals surface area contributed by atoms with Crippen molar-refractivity contribution in [2.45, 2.75) is 19.5 Å². The van der Waals surface area contributed by atoms with E-state index in [9.17, 15) is 0 Å². The molecule has 2 aromatic heterocycles. The van der Waals surface area contributed by atoms with E-state index in [0.29, 0.717) is 6.04 Å². The lowest BCUT2D eigenvalue weighted by Gasteiger charge is -2.10. The summed E-state index contributed by atoms with van der Waals surface area (Å²) in [4.78, 5) is 2.80. The predicted molar refractivity (Wildman–Crippen MR) is 63.9 cm³/mol. The first-order valence-electron chi connectivity index (χ1n) is 4.65. The summed E-state index contributed by atoms with van der Waals surface area (Å²) in [7, 11) is 0. The fourth-order valence-corrected chi connectivity index (χ4v) is 2.72. The summed E-state index contributed by atoms with van der Waals surface area (Å²) < 4.78 is 0. The molecule has 0 saturated heterocycles. The molecule has 0 spiro atoms. The van der Waals surface area contributed by atoms with Gasteiger partial charge in [-0.1, -0.05) is 12.1 Å². The van der Waals surface area contributed by atoms with Crippen molar-refractivity contribution in [2.24, 2.45) is 0 Å². The highest BCUT2D eigenvalue weighted by Gasteiger charge is 2.05. The second-order valence-corrected chi connectivity index (χ2v) is 5.21. The maximum atomic E-state index is 3.51. The summed E-state index contributed by atoms with van der Waals surface area (Å²) in [5.41, 5.74) is 0. The first-order chi connectivity index (χ1) is 6.86. The van der Waals surface area contributed by atoms with Crippen molar-refractivity contribution in [3.05, 3.63) is 44.8 Å². The van der Waals surface area contributed by atoms with Gasteiger partial charge in [0.15, 0.2) is 0 Å². The summed E-state index contributed by atoms with van der Waals surface area (Å²) in [6, 6.07) is 8.99. The molecule has 1 N–H and O–H groups in total. The number of hydrogen-bond donors (Lipinski definition) is 1. The topological polar surface area (TPSA) is 12.0 Å². The van der Waals surface area contributed by atoms with Crippen LogP contribution in [0.1, 0.15) is 22.7 Å².